The van der Waals surface area contributed by atoms with Crippen LogP contribution in [0.25, 0.3) is 0 Å². The summed E-state index contributed by atoms with van der Waals surface area (Å²) >= 11 is 0. The van der Waals surface area contributed by atoms with E-state index in [0.29, 0.717) is 0 Å². The molecule has 0 aromatic rings. The van der Waals surface area contributed by atoms with Gasteiger partial charge in [-0.25, -0.2) is 8.78 Å². The highest BCUT2D eigenvalue weighted by Gasteiger charge is 2.34. The third-order valence-corrected chi connectivity index (χ3v) is 1.44. The molecule has 0 aromatic heterocycles. The lowest BCUT2D eigenvalue weighted by Gasteiger charge is -2.21. The minimum absolute atomic E-state index is 0.0498. The van der Waals surface area contributed by atoms with Crippen molar-refractivity contribution in [1.82, 2.24) is 0 Å². The summed E-state index contributed by atoms with van der Waals surface area (Å²) in [5.41, 5.74) is 0. The molecule has 0 bridgehead atoms. The maximum Gasteiger partial charge on any atom is 0.264 e. The SMILES string of the molecule is COC1(F)CC=CC=C1F. The van der Waals surface area contributed by atoms with Crippen LogP contribution in [0.2, 0.25) is 0 Å². The molecule has 0 aromatic carbocycles. The van der Waals surface area contributed by atoms with Gasteiger partial charge < -0.3 is 4.74 Å². The van der Waals surface area contributed by atoms with Crippen LogP contribution in [0, 0.1) is 0 Å². The summed E-state index contributed by atoms with van der Waals surface area (Å²) in [6.45, 7) is 0. The number of hydrogen-bond acceptors (Lipinski definition) is 1. The Kier molecular flexibility index (Phi) is 1.85. The number of allylic oxidation sites excluding steroid dienone is 2. The van der Waals surface area contributed by atoms with Gasteiger partial charge in [0.2, 0.25) is 0 Å². The van der Waals surface area contributed by atoms with Gasteiger partial charge in [0.1, 0.15) is 0 Å². The van der Waals surface area contributed by atoms with Gasteiger partial charge in [-0.05, 0) is 6.08 Å². The molecule has 1 nitrogen and oxygen atoms in total. The van der Waals surface area contributed by atoms with Gasteiger partial charge in [0.15, 0.2) is 5.83 Å². The Morgan fingerprint density at radius 1 is 1.70 bits per heavy atom. The Morgan fingerprint density at radius 3 is 2.80 bits per heavy atom. The zero-order valence-corrected chi connectivity index (χ0v) is 5.60. The zero-order valence-electron chi connectivity index (χ0n) is 5.60. The first kappa shape index (κ1) is 7.41. The van der Waals surface area contributed by atoms with Crippen LogP contribution in [-0.4, -0.2) is 13.0 Å². The molecule has 0 amide bonds. The summed E-state index contributed by atoms with van der Waals surface area (Å²) in [5.74, 6) is -3.08. The third-order valence-electron chi connectivity index (χ3n) is 1.44. The molecular formula is C7H8F2O. The van der Waals surface area contributed by atoms with E-state index in [-0.39, 0.29) is 6.42 Å². The molecule has 0 fully saturated rings. The molecule has 56 valence electrons. The lowest BCUT2D eigenvalue weighted by atomic mass is 10.1. The fraction of sp³-hybridized carbons (Fsp3) is 0.429. The van der Waals surface area contributed by atoms with Crippen molar-refractivity contribution in [2.75, 3.05) is 7.11 Å². The van der Waals surface area contributed by atoms with Crippen molar-refractivity contribution in [3.8, 4) is 0 Å². The number of rotatable bonds is 1. The maximum atomic E-state index is 13.0. The normalized spacial score (nSPS) is 32.1. The summed E-state index contributed by atoms with van der Waals surface area (Å²) in [5, 5.41) is 0. The second-order valence-corrected chi connectivity index (χ2v) is 2.08. The van der Waals surface area contributed by atoms with Gasteiger partial charge in [0.05, 0.1) is 0 Å². The standard InChI is InChI=1S/C7H8F2O/c1-10-7(9)5-3-2-4-6(7)8/h2-4H,5H2,1H3. The predicted molar refractivity (Wildman–Crippen MR) is 33.8 cm³/mol. The van der Waals surface area contributed by atoms with E-state index in [0.717, 1.165) is 13.2 Å². The van der Waals surface area contributed by atoms with E-state index in [4.69, 9.17) is 0 Å². The van der Waals surface area contributed by atoms with E-state index in [1.807, 2.05) is 0 Å². The van der Waals surface area contributed by atoms with E-state index in [1.54, 1.807) is 0 Å². The first-order valence-electron chi connectivity index (χ1n) is 2.96. The first-order valence-corrected chi connectivity index (χ1v) is 2.96. The number of methoxy groups -OCH3 is 1. The summed E-state index contributed by atoms with van der Waals surface area (Å²) in [6, 6.07) is 0. The average Bonchev–Trinajstić information content (AvgIpc) is 1.96. The maximum absolute atomic E-state index is 13.0. The molecule has 0 radical (unpaired) electrons. The molecule has 0 spiro atoms. The van der Waals surface area contributed by atoms with Crippen LogP contribution in [0.3, 0.4) is 0 Å². The molecule has 0 saturated heterocycles. The van der Waals surface area contributed by atoms with E-state index >= 15 is 0 Å². The molecule has 1 rings (SSSR count). The van der Waals surface area contributed by atoms with Gasteiger partial charge >= 0.3 is 0 Å². The van der Waals surface area contributed by atoms with Crippen molar-refractivity contribution in [2.45, 2.75) is 12.3 Å². The second-order valence-electron chi connectivity index (χ2n) is 2.08. The van der Waals surface area contributed by atoms with Gasteiger partial charge in [-0.15, -0.1) is 0 Å². The zero-order chi connectivity index (χ0) is 7.61. The van der Waals surface area contributed by atoms with Crippen molar-refractivity contribution in [1.29, 1.82) is 0 Å². The Labute approximate surface area is 58.0 Å². The monoisotopic (exact) mass is 146 g/mol. The molecule has 1 aliphatic rings. The summed E-state index contributed by atoms with van der Waals surface area (Å²) in [4.78, 5) is 0. The Balaban J connectivity index is 2.81. The minimum atomic E-state index is -2.21. The molecule has 1 unspecified atom stereocenters. The van der Waals surface area contributed by atoms with Crippen LogP contribution in [0.4, 0.5) is 8.78 Å². The van der Waals surface area contributed by atoms with Gasteiger partial charge in [0.25, 0.3) is 5.85 Å². The molecule has 3 heteroatoms. The third kappa shape index (κ3) is 1.09. The van der Waals surface area contributed by atoms with Crippen molar-refractivity contribution in [2.24, 2.45) is 0 Å². The quantitative estimate of drug-likeness (QED) is 0.550. The highest BCUT2D eigenvalue weighted by Crippen LogP contribution is 2.30. The highest BCUT2D eigenvalue weighted by atomic mass is 19.2. The molecule has 1 atom stereocenters. The molecule has 0 N–H and O–H groups in total. The molecule has 1 aliphatic carbocycles. The number of alkyl halides is 1. The van der Waals surface area contributed by atoms with Crippen LogP contribution in [-0.2, 0) is 4.74 Å². The molecule has 10 heavy (non-hydrogen) atoms. The van der Waals surface area contributed by atoms with Crippen molar-refractivity contribution in [3.05, 3.63) is 24.1 Å². The average molecular weight is 146 g/mol. The Hall–Kier alpha value is -0.700. The summed E-state index contributed by atoms with van der Waals surface area (Å²) in [7, 11) is 1.15. The Bertz CT molecular complexity index is 186. The van der Waals surface area contributed by atoms with Gasteiger partial charge in [0, 0.05) is 13.5 Å². The second kappa shape index (κ2) is 2.50. The van der Waals surface area contributed by atoms with Crippen molar-refractivity contribution < 1.29 is 13.5 Å². The van der Waals surface area contributed by atoms with Crippen LogP contribution >= 0.6 is 0 Å². The fourth-order valence-corrected chi connectivity index (χ4v) is 0.775. The lowest BCUT2D eigenvalue weighted by Crippen LogP contribution is -2.26. The predicted octanol–water partition coefficient (Wildman–Crippen LogP) is 2.11. The minimum Gasteiger partial charge on any atom is -0.344 e. The van der Waals surface area contributed by atoms with Crippen LogP contribution < -0.4 is 0 Å². The molecule has 0 heterocycles. The molecule has 0 saturated carbocycles. The van der Waals surface area contributed by atoms with Gasteiger partial charge in [-0.2, -0.15) is 0 Å². The van der Waals surface area contributed by atoms with Crippen molar-refractivity contribution in [3.63, 3.8) is 0 Å². The van der Waals surface area contributed by atoms with E-state index < -0.39 is 11.7 Å². The van der Waals surface area contributed by atoms with Crippen LogP contribution in [0.15, 0.2) is 24.1 Å². The lowest BCUT2D eigenvalue weighted by molar-refractivity contribution is -0.102. The topological polar surface area (TPSA) is 9.23 Å². The fourth-order valence-electron chi connectivity index (χ4n) is 0.775. The van der Waals surface area contributed by atoms with Crippen molar-refractivity contribution >= 4 is 0 Å². The largest absolute Gasteiger partial charge is 0.344 e. The van der Waals surface area contributed by atoms with Gasteiger partial charge in [-0.3, -0.25) is 0 Å². The van der Waals surface area contributed by atoms with Gasteiger partial charge in [-0.1, -0.05) is 12.2 Å². The number of halogens is 2. The summed E-state index contributed by atoms with van der Waals surface area (Å²) in [6.07, 6.45) is 4.00. The molecular weight excluding hydrogens is 138 g/mol. The Morgan fingerprint density at radius 2 is 2.40 bits per heavy atom. The number of ether oxygens (including phenoxy) is 1. The van der Waals surface area contributed by atoms with E-state index in [9.17, 15) is 8.78 Å². The number of hydrogen-bond donors (Lipinski definition) is 0. The highest BCUT2D eigenvalue weighted by molar-refractivity contribution is 5.20. The van der Waals surface area contributed by atoms with Crippen LogP contribution in [0.5, 0.6) is 0 Å². The summed E-state index contributed by atoms with van der Waals surface area (Å²) < 4.78 is 29.9. The van der Waals surface area contributed by atoms with Crippen LogP contribution in [0.1, 0.15) is 6.42 Å². The van der Waals surface area contributed by atoms with E-state index in [1.165, 1.54) is 12.2 Å². The van der Waals surface area contributed by atoms with E-state index in [2.05, 4.69) is 4.74 Å². The smallest absolute Gasteiger partial charge is 0.264 e. The first-order chi connectivity index (χ1) is 4.69. The molecule has 0 aliphatic heterocycles.